The third-order valence-electron chi connectivity index (χ3n) is 1.40. The van der Waals surface area contributed by atoms with E-state index in [1.807, 2.05) is 0 Å². The second-order valence-corrected chi connectivity index (χ2v) is 2.76. The van der Waals surface area contributed by atoms with E-state index in [1.54, 1.807) is 0 Å². The molecule has 0 amide bonds. The minimum Gasteiger partial charge on any atom is -0.445 e. The Hall–Kier alpha value is 0.801. The number of rotatable bonds is 1. The predicted molar refractivity (Wildman–Crippen MR) is 44.6 cm³/mol. The number of nitrogen functional groups attached to an aromatic ring is 1. The summed E-state index contributed by atoms with van der Waals surface area (Å²) in [6.07, 6.45) is 0. The smallest absolute Gasteiger partial charge is 0.445 e. The molecule has 0 aromatic heterocycles. The molecule has 0 spiro atoms. The van der Waals surface area contributed by atoms with Gasteiger partial charge in [0.15, 0.2) is 0 Å². The molecule has 0 aliphatic heterocycles. The molecule has 0 saturated carbocycles. The summed E-state index contributed by atoms with van der Waals surface area (Å²) in [6, 6.07) is 2.89. The maximum absolute atomic E-state index is 12.1. The fraction of sp³-hybridized carbons (Fsp3) is 0. The molecule has 1 rings (SSSR count). The van der Waals surface area contributed by atoms with Crippen LogP contribution < -0.4 is 62.6 Å². The molecule has 13 heavy (non-hydrogen) atoms. The van der Waals surface area contributed by atoms with E-state index in [2.05, 4.69) is 0 Å². The number of hydrogen-bond acceptors (Lipinski definition) is 1. The molecule has 0 unspecified atom stereocenters. The zero-order valence-electron chi connectivity index (χ0n) is 6.90. The van der Waals surface area contributed by atoms with Crippen molar-refractivity contribution >= 4 is 29.7 Å². The Morgan fingerprint density at radius 2 is 1.77 bits per heavy atom. The van der Waals surface area contributed by atoms with Crippen molar-refractivity contribution in [3.63, 3.8) is 0 Å². The fourth-order valence-electron chi connectivity index (χ4n) is 0.766. The monoisotopic (exact) mass is 233 g/mol. The standard InChI is InChI=1S/C6H5BClF3N.K/c8-5-2-1-4(3-6(5)12)7(9,10)11;/h1-3H,12H2;/q-1;+1. The van der Waals surface area contributed by atoms with Gasteiger partial charge in [-0.15, -0.1) is 5.46 Å². The summed E-state index contributed by atoms with van der Waals surface area (Å²) in [6.45, 7) is -4.98. The van der Waals surface area contributed by atoms with E-state index >= 15 is 0 Å². The topological polar surface area (TPSA) is 26.0 Å². The maximum atomic E-state index is 12.1. The van der Waals surface area contributed by atoms with Crippen molar-refractivity contribution in [2.75, 3.05) is 5.73 Å². The molecule has 0 fully saturated rings. The quantitative estimate of drug-likeness (QED) is 0.488. The van der Waals surface area contributed by atoms with E-state index in [1.165, 1.54) is 0 Å². The Labute approximate surface area is 121 Å². The van der Waals surface area contributed by atoms with Crippen LogP contribution in [0.4, 0.5) is 18.6 Å². The summed E-state index contributed by atoms with van der Waals surface area (Å²) in [5, 5.41) is 0.138. The van der Waals surface area contributed by atoms with Gasteiger partial charge in [0, 0.05) is 5.69 Å². The van der Waals surface area contributed by atoms with Gasteiger partial charge in [0.05, 0.1) is 5.02 Å². The van der Waals surface area contributed by atoms with Gasteiger partial charge in [-0.2, -0.15) is 0 Å². The molecule has 0 aliphatic carbocycles. The van der Waals surface area contributed by atoms with E-state index < -0.39 is 12.4 Å². The van der Waals surface area contributed by atoms with Crippen molar-refractivity contribution in [2.24, 2.45) is 0 Å². The summed E-state index contributed by atoms with van der Waals surface area (Å²) in [5.41, 5.74) is 4.42. The van der Waals surface area contributed by atoms with Gasteiger partial charge in [0.25, 0.3) is 0 Å². The second-order valence-electron chi connectivity index (χ2n) is 2.36. The van der Waals surface area contributed by atoms with Crippen LogP contribution in [0.5, 0.6) is 0 Å². The average Bonchev–Trinajstić information content (AvgIpc) is 1.92. The SMILES string of the molecule is Nc1cc([B-](F)(F)F)ccc1Cl.[K+]. The molecular weight excluding hydrogens is 228 g/mol. The predicted octanol–water partition coefficient (Wildman–Crippen LogP) is -1.02. The first kappa shape index (κ1) is 13.8. The number of hydrogen-bond donors (Lipinski definition) is 1. The van der Waals surface area contributed by atoms with Crippen LogP contribution in [-0.4, -0.2) is 6.98 Å². The molecule has 0 saturated heterocycles. The van der Waals surface area contributed by atoms with Crippen LogP contribution in [0.1, 0.15) is 0 Å². The molecule has 7 heteroatoms. The van der Waals surface area contributed by atoms with Crippen molar-refractivity contribution < 1.29 is 64.3 Å². The number of nitrogens with two attached hydrogens (primary N) is 1. The summed E-state index contributed by atoms with van der Waals surface area (Å²) < 4.78 is 36.2. The summed E-state index contributed by atoms with van der Waals surface area (Å²) in [4.78, 5) is 0. The molecule has 66 valence electrons. The van der Waals surface area contributed by atoms with E-state index in [4.69, 9.17) is 17.3 Å². The molecule has 0 aliphatic rings. The molecule has 1 aromatic carbocycles. The third-order valence-corrected chi connectivity index (χ3v) is 1.74. The largest absolute Gasteiger partial charge is 1.00 e. The van der Waals surface area contributed by atoms with Crippen LogP contribution in [0.25, 0.3) is 0 Å². The van der Waals surface area contributed by atoms with Gasteiger partial charge in [-0.3, -0.25) is 0 Å². The number of benzene rings is 1. The Bertz CT molecular complexity index is 304. The van der Waals surface area contributed by atoms with E-state index in [-0.39, 0.29) is 62.1 Å². The summed E-state index contributed by atoms with van der Waals surface area (Å²) in [5.74, 6) is 0. The van der Waals surface area contributed by atoms with Crippen LogP contribution >= 0.6 is 11.6 Å². The van der Waals surface area contributed by atoms with Crippen LogP contribution in [-0.2, 0) is 0 Å². The van der Waals surface area contributed by atoms with Gasteiger partial charge in [-0.1, -0.05) is 23.7 Å². The van der Waals surface area contributed by atoms with E-state index in [0.717, 1.165) is 18.2 Å². The van der Waals surface area contributed by atoms with Crippen LogP contribution in [0, 0.1) is 0 Å². The molecule has 0 atom stereocenters. The zero-order chi connectivity index (χ0) is 9.35. The molecule has 1 aromatic rings. The maximum Gasteiger partial charge on any atom is 1.00 e. The average molecular weight is 233 g/mol. The van der Waals surface area contributed by atoms with Gasteiger partial charge in [0.1, 0.15) is 0 Å². The Balaban J connectivity index is 0.00000144. The van der Waals surface area contributed by atoms with E-state index in [0.29, 0.717) is 0 Å². The van der Waals surface area contributed by atoms with Crippen molar-refractivity contribution in [3.05, 3.63) is 23.2 Å². The number of halogens is 4. The van der Waals surface area contributed by atoms with Gasteiger partial charge in [0.2, 0.25) is 0 Å². The van der Waals surface area contributed by atoms with Crippen molar-refractivity contribution in [2.45, 2.75) is 0 Å². The van der Waals surface area contributed by atoms with E-state index in [9.17, 15) is 12.9 Å². The number of anilines is 1. The first-order chi connectivity index (χ1) is 5.41. The normalized spacial score (nSPS) is 10.8. The minimum absolute atomic E-state index is 0. The Morgan fingerprint density at radius 1 is 1.23 bits per heavy atom. The minimum atomic E-state index is -4.98. The fourth-order valence-corrected chi connectivity index (χ4v) is 0.883. The van der Waals surface area contributed by atoms with Gasteiger partial charge in [-0.25, -0.2) is 0 Å². The summed E-state index contributed by atoms with van der Waals surface area (Å²) in [7, 11) is 0. The van der Waals surface area contributed by atoms with Gasteiger partial charge in [-0.05, 0) is 6.07 Å². The molecule has 1 nitrogen and oxygen atoms in total. The van der Waals surface area contributed by atoms with Crippen molar-refractivity contribution in [1.29, 1.82) is 0 Å². The van der Waals surface area contributed by atoms with Crippen LogP contribution in [0.2, 0.25) is 5.02 Å². The van der Waals surface area contributed by atoms with Crippen molar-refractivity contribution in [3.8, 4) is 0 Å². The second kappa shape index (κ2) is 5.04. The molecular formula is C6H5BClF3KN. The van der Waals surface area contributed by atoms with Crippen molar-refractivity contribution in [1.82, 2.24) is 0 Å². The first-order valence-electron chi connectivity index (χ1n) is 3.16. The van der Waals surface area contributed by atoms with Crippen LogP contribution in [0.3, 0.4) is 0 Å². The summed E-state index contributed by atoms with van der Waals surface area (Å²) >= 11 is 5.45. The van der Waals surface area contributed by atoms with Crippen LogP contribution in [0.15, 0.2) is 18.2 Å². The molecule has 0 heterocycles. The zero-order valence-corrected chi connectivity index (χ0v) is 10.8. The first-order valence-corrected chi connectivity index (χ1v) is 3.54. The Morgan fingerprint density at radius 3 is 2.15 bits per heavy atom. The third kappa shape index (κ3) is 3.81. The molecule has 0 radical (unpaired) electrons. The Kier molecular flexibility index (Phi) is 5.35. The molecule has 0 bridgehead atoms. The van der Waals surface area contributed by atoms with Gasteiger partial charge < -0.3 is 18.7 Å². The van der Waals surface area contributed by atoms with Gasteiger partial charge >= 0.3 is 58.4 Å². The molecule has 2 N–H and O–H groups in total.